The Morgan fingerprint density at radius 2 is 2.10 bits per heavy atom. The zero-order chi connectivity index (χ0) is 20.8. The smallest absolute Gasteiger partial charge is 0.229 e. The van der Waals surface area contributed by atoms with Gasteiger partial charge in [0.15, 0.2) is 11.5 Å². The minimum Gasteiger partial charge on any atom is -0.351 e. The zero-order valence-electron chi connectivity index (χ0n) is 16.9. The Hall–Kier alpha value is -3.95. The standard InChI is InChI=1S/C21H19N9O/c1-29(12-17-24-21(31-27-17)14-5-6-14)18-10-23-19-20(25-18)30(28-26-19)11-13-4-7-16-15(9-13)3-2-8-22-16/h2-4,7-10,14H,5-6,11-12H2,1H3. The largest absolute Gasteiger partial charge is 0.351 e. The molecule has 4 heterocycles. The Morgan fingerprint density at radius 3 is 3.00 bits per heavy atom. The maximum atomic E-state index is 5.35. The topological polar surface area (TPSA) is 112 Å². The number of rotatable bonds is 6. The predicted molar refractivity (Wildman–Crippen MR) is 112 cm³/mol. The summed E-state index contributed by atoms with van der Waals surface area (Å²) in [5, 5.41) is 13.6. The third kappa shape index (κ3) is 3.45. The van der Waals surface area contributed by atoms with Crippen LogP contribution in [0.5, 0.6) is 0 Å². The summed E-state index contributed by atoms with van der Waals surface area (Å²) in [6, 6.07) is 10.1. The van der Waals surface area contributed by atoms with Crippen LogP contribution in [0.4, 0.5) is 5.82 Å². The lowest BCUT2D eigenvalue weighted by molar-refractivity contribution is 0.374. The Morgan fingerprint density at radius 1 is 1.16 bits per heavy atom. The second-order valence-electron chi connectivity index (χ2n) is 7.83. The maximum absolute atomic E-state index is 5.35. The van der Waals surface area contributed by atoms with Crippen LogP contribution in [0, 0.1) is 0 Å². The average molecular weight is 413 g/mol. The second-order valence-corrected chi connectivity index (χ2v) is 7.83. The third-order valence-electron chi connectivity index (χ3n) is 5.39. The van der Waals surface area contributed by atoms with Gasteiger partial charge in [-0.05, 0) is 36.6 Å². The van der Waals surface area contributed by atoms with Gasteiger partial charge in [0, 0.05) is 24.5 Å². The molecule has 0 unspecified atom stereocenters. The highest BCUT2D eigenvalue weighted by Gasteiger charge is 2.29. The first-order valence-electron chi connectivity index (χ1n) is 10.2. The molecule has 6 rings (SSSR count). The highest BCUT2D eigenvalue weighted by atomic mass is 16.5. The lowest BCUT2D eigenvalue weighted by atomic mass is 10.1. The van der Waals surface area contributed by atoms with E-state index in [1.54, 1.807) is 17.1 Å². The molecule has 0 radical (unpaired) electrons. The molecule has 31 heavy (non-hydrogen) atoms. The van der Waals surface area contributed by atoms with E-state index < -0.39 is 0 Å². The van der Waals surface area contributed by atoms with Crippen molar-refractivity contribution in [3.8, 4) is 0 Å². The van der Waals surface area contributed by atoms with Gasteiger partial charge in [0.2, 0.25) is 11.5 Å². The number of anilines is 1. The molecule has 154 valence electrons. The van der Waals surface area contributed by atoms with Gasteiger partial charge < -0.3 is 9.42 Å². The Bertz CT molecular complexity index is 1390. The van der Waals surface area contributed by atoms with Crippen LogP contribution < -0.4 is 4.90 Å². The van der Waals surface area contributed by atoms with Crippen LogP contribution in [-0.4, -0.2) is 47.1 Å². The third-order valence-corrected chi connectivity index (χ3v) is 5.39. The molecule has 4 aromatic heterocycles. The quantitative estimate of drug-likeness (QED) is 0.415. The van der Waals surface area contributed by atoms with E-state index in [9.17, 15) is 0 Å². The number of fused-ring (bicyclic) bond motifs is 2. The fourth-order valence-electron chi connectivity index (χ4n) is 3.55. The van der Waals surface area contributed by atoms with Crippen LogP contribution in [0.3, 0.4) is 0 Å². The summed E-state index contributed by atoms with van der Waals surface area (Å²) in [5.41, 5.74) is 3.19. The van der Waals surface area contributed by atoms with Crippen molar-refractivity contribution < 1.29 is 4.52 Å². The number of benzene rings is 1. The molecule has 0 saturated heterocycles. The first kappa shape index (κ1) is 17.9. The van der Waals surface area contributed by atoms with Crippen molar-refractivity contribution in [1.82, 2.24) is 40.1 Å². The molecule has 0 atom stereocenters. The Balaban J connectivity index is 1.26. The molecule has 1 fully saturated rings. The van der Waals surface area contributed by atoms with E-state index in [2.05, 4.69) is 36.5 Å². The first-order chi connectivity index (χ1) is 15.2. The summed E-state index contributed by atoms with van der Waals surface area (Å²) in [6.07, 6.45) is 5.74. The zero-order valence-corrected chi connectivity index (χ0v) is 16.9. The van der Waals surface area contributed by atoms with E-state index in [1.807, 2.05) is 36.2 Å². The molecule has 1 aliphatic rings. The summed E-state index contributed by atoms with van der Waals surface area (Å²) in [5.74, 6) is 2.51. The van der Waals surface area contributed by atoms with Crippen molar-refractivity contribution in [3.63, 3.8) is 0 Å². The molecule has 5 aromatic rings. The molecule has 0 aliphatic heterocycles. The van der Waals surface area contributed by atoms with Crippen molar-refractivity contribution in [3.05, 3.63) is 60.0 Å². The fourth-order valence-corrected chi connectivity index (χ4v) is 3.55. The van der Waals surface area contributed by atoms with Crippen LogP contribution in [0.1, 0.15) is 36.0 Å². The van der Waals surface area contributed by atoms with Gasteiger partial charge in [0.1, 0.15) is 5.82 Å². The van der Waals surface area contributed by atoms with Gasteiger partial charge in [0.05, 0.1) is 24.8 Å². The molecule has 0 spiro atoms. The highest BCUT2D eigenvalue weighted by Crippen LogP contribution is 2.38. The highest BCUT2D eigenvalue weighted by molar-refractivity contribution is 5.79. The molecule has 1 aliphatic carbocycles. The van der Waals surface area contributed by atoms with E-state index in [-0.39, 0.29) is 0 Å². The van der Waals surface area contributed by atoms with Crippen LogP contribution in [0.15, 0.2) is 47.2 Å². The van der Waals surface area contributed by atoms with Gasteiger partial charge in [-0.2, -0.15) is 4.98 Å². The van der Waals surface area contributed by atoms with Crippen molar-refractivity contribution in [1.29, 1.82) is 0 Å². The lowest BCUT2D eigenvalue weighted by Gasteiger charge is -2.15. The molecule has 10 heteroatoms. The monoisotopic (exact) mass is 413 g/mol. The van der Waals surface area contributed by atoms with Crippen LogP contribution >= 0.6 is 0 Å². The van der Waals surface area contributed by atoms with Crippen molar-refractivity contribution in [2.24, 2.45) is 0 Å². The van der Waals surface area contributed by atoms with Crippen molar-refractivity contribution in [2.45, 2.75) is 31.8 Å². The van der Waals surface area contributed by atoms with E-state index in [4.69, 9.17) is 9.51 Å². The molecule has 0 bridgehead atoms. The summed E-state index contributed by atoms with van der Waals surface area (Å²) < 4.78 is 7.11. The summed E-state index contributed by atoms with van der Waals surface area (Å²) >= 11 is 0. The number of aromatic nitrogens is 8. The SMILES string of the molecule is CN(Cc1noc(C2CC2)n1)c1cnc2nnn(Cc3ccc4ncccc4c3)c2n1. The predicted octanol–water partition coefficient (Wildman–Crippen LogP) is 2.71. The van der Waals surface area contributed by atoms with E-state index in [0.29, 0.717) is 41.9 Å². The minimum atomic E-state index is 0.439. The van der Waals surface area contributed by atoms with Crippen molar-refractivity contribution >= 4 is 28.0 Å². The number of pyridine rings is 1. The summed E-state index contributed by atoms with van der Waals surface area (Å²) in [6.45, 7) is 1.02. The molecule has 1 aromatic carbocycles. The lowest BCUT2D eigenvalue weighted by Crippen LogP contribution is -2.19. The molecular weight excluding hydrogens is 394 g/mol. The van der Waals surface area contributed by atoms with E-state index >= 15 is 0 Å². The van der Waals surface area contributed by atoms with Crippen LogP contribution in [0.25, 0.3) is 22.2 Å². The number of hydrogen-bond acceptors (Lipinski definition) is 9. The summed E-state index contributed by atoms with van der Waals surface area (Å²) in [4.78, 5) is 20.0. The van der Waals surface area contributed by atoms with Gasteiger partial charge in [-0.3, -0.25) is 4.98 Å². The van der Waals surface area contributed by atoms with E-state index in [0.717, 1.165) is 35.2 Å². The van der Waals surface area contributed by atoms with Gasteiger partial charge in [-0.25, -0.2) is 14.6 Å². The number of hydrogen-bond donors (Lipinski definition) is 0. The van der Waals surface area contributed by atoms with Crippen LogP contribution in [0.2, 0.25) is 0 Å². The average Bonchev–Trinajstić information content (AvgIpc) is 3.42. The molecular formula is C21H19N9O. The molecule has 0 amide bonds. The Kier molecular flexibility index (Phi) is 4.08. The Labute approximate surface area is 176 Å². The van der Waals surface area contributed by atoms with Gasteiger partial charge >= 0.3 is 0 Å². The van der Waals surface area contributed by atoms with Gasteiger partial charge in [-0.15, -0.1) is 5.10 Å². The first-order valence-corrected chi connectivity index (χ1v) is 10.2. The fraction of sp³-hybridized carbons (Fsp3) is 0.286. The van der Waals surface area contributed by atoms with Gasteiger partial charge in [0.25, 0.3) is 0 Å². The van der Waals surface area contributed by atoms with E-state index in [1.165, 1.54) is 0 Å². The molecule has 1 saturated carbocycles. The molecule has 10 nitrogen and oxygen atoms in total. The maximum Gasteiger partial charge on any atom is 0.229 e. The van der Waals surface area contributed by atoms with Crippen LogP contribution in [-0.2, 0) is 13.1 Å². The van der Waals surface area contributed by atoms with Gasteiger partial charge in [-0.1, -0.05) is 22.5 Å². The summed E-state index contributed by atoms with van der Waals surface area (Å²) in [7, 11) is 1.92. The minimum absolute atomic E-state index is 0.439. The van der Waals surface area contributed by atoms with Crippen molar-refractivity contribution in [2.75, 3.05) is 11.9 Å². The second kappa shape index (κ2) is 7.08. The normalized spacial score (nSPS) is 13.8. The molecule has 0 N–H and O–H groups in total. The number of nitrogens with zero attached hydrogens (tertiary/aromatic N) is 9.